The number of amides is 2. The van der Waals surface area contributed by atoms with E-state index >= 15 is 0 Å². The second-order valence-corrected chi connectivity index (χ2v) is 11.3. The Labute approximate surface area is 222 Å². The highest BCUT2D eigenvalue weighted by Gasteiger charge is 2.32. The molecular weight excluding hydrogens is 533 g/mol. The van der Waals surface area contributed by atoms with Crippen LogP contribution in [-0.4, -0.2) is 55.6 Å². The zero-order valence-electron chi connectivity index (χ0n) is 19.9. The molecule has 0 heterocycles. The number of hydrogen-bond acceptors (Lipinski definition) is 4. The highest BCUT2D eigenvalue weighted by molar-refractivity contribution is 7.89. The normalized spacial score (nSPS) is 12.4. The lowest BCUT2D eigenvalue weighted by atomic mass is 10.1. The van der Waals surface area contributed by atoms with Crippen molar-refractivity contribution >= 4 is 56.6 Å². The maximum absolute atomic E-state index is 13.5. The molecule has 1 atom stereocenters. The molecule has 7 nitrogen and oxygen atoms in total. The van der Waals surface area contributed by atoms with Crippen LogP contribution in [-0.2, 0) is 26.2 Å². The fourth-order valence-electron chi connectivity index (χ4n) is 3.43. The SMILES string of the molecule is CCCCNC(=O)[C@@H](CC)N(Cc1c(Cl)cccc1Cl)C(=O)CN(C)S(=O)(=O)c1ccc(Cl)cc1. The summed E-state index contributed by atoms with van der Waals surface area (Å²) in [7, 11) is -2.66. The van der Waals surface area contributed by atoms with Crippen molar-refractivity contribution in [3.63, 3.8) is 0 Å². The van der Waals surface area contributed by atoms with Crippen LogP contribution in [0.25, 0.3) is 0 Å². The topological polar surface area (TPSA) is 86.8 Å². The summed E-state index contributed by atoms with van der Waals surface area (Å²) in [4.78, 5) is 27.8. The number of unbranched alkanes of at least 4 members (excludes halogenated alkanes) is 1. The van der Waals surface area contributed by atoms with E-state index in [0.29, 0.717) is 33.6 Å². The van der Waals surface area contributed by atoms with Crippen LogP contribution < -0.4 is 5.32 Å². The molecular formula is C24H30Cl3N3O4S. The molecule has 0 aliphatic heterocycles. The highest BCUT2D eigenvalue weighted by atomic mass is 35.5. The fraction of sp³-hybridized carbons (Fsp3) is 0.417. The van der Waals surface area contributed by atoms with Gasteiger partial charge in [-0.25, -0.2) is 8.42 Å². The van der Waals surface area contributed by atoms with E-state index in [1.807, 2.05) is 6.92 Å². The minimum atomic E-state index is -3.97. The van der Waals surface area contributed by atoms with Crippen LogP contribution in [0.4, 0.5) is 0 Å². The number of halogens is 3. The quantitative estimate of drug-likeness (QED) is 0.369. The molecule has 0 bridgehead atoms. The van der Waals surface area contributed by atoms with E-state index in [2.05, 4.69) is 5.32 Å². The molecule has 192 valence electrons. The van der Waals surface area contributed by atoms with Gasteiger partial charge in [0.2, 0.25) is 21.8 Å². The molecule has 0 spiro atoms. The van der Waals surface area contributed by atoms with Crippen molar-refractivity contribution in [3.05, 3.63) is 63.1 Å². The molecule has 1 N–H and O–H groups in total. The third-order valence-corrected chi connectivity index (χ3v) is 8.26. The number of nitrogens with one attached hydrogen (secondary N) is 1. The molecule has 2 aromatic carbocycles. The third kappa shape index (κ3) is 7.82. The van der Waals surface area contributed by atoms with Gasteiger partial charge in [-0.05, 0) is 49.2 Å². The van der Waals surface area contributed by atoms with Gasteiger partial charge in [-0.1, -0.05) is 61.1 Å². The van der Waals surface area contributed by atoms with E-state index in [4.69, 9.17) is 34.8 Å². The second kappa shape index (κ2) is 13.5. The van der Waals surface area contributed by atoms with Crippen molar-refractivity contribution in [2.24, 2.45) is 0 Å². The summed E-state index contributed by atoms with van der Waals surface area (Å²) < 4.78 is 27.0. The van der Waals surface area contributed by atoms with Crippen molar-refractivity contribution in [1.82, 2.24) is 14.5 Å². The summed E-state index contributed by atoms with van der Waals surface area (Å²) in [5.74, 6) is -0.876. The predicted octanol–water partition coefficient (Wildman–Crippen LogP) is 4.99. The summed E-state index contributed by atoms with van der Waals surface area (Å²) in [5.41, 5.74) is 0.479. The standard InChI is InChI=1S/C24H30Cl3N3O4S/c1-4-6-14-28-24(32)22(5-2)30(15-19-20(26)8-7-9-21(19)27)23(31)16-29(3)35(33,34)18-12-10-17(25)11-13-18/h7-13,22H,4-6,14-16H2,1-3H3,(H,28,32)/t22-/m1/s1. The molecule has 0 aromatic heterocycles. The summed E-state index contributed by atoms with van der Waals surface area (Å²) >= 11 is 18.5. The van der Waals surface area contributed by atoms with E-state index < -0.39 is 28.5 Å². The second-order valence-electron chi connectivity index (χ2n) is 8.01. The predicted molar refractivity (Wildman–Crippen MR) is 140 cm³/mol. The highest BCUT2D eigenvalue weighted by Crippen LogP contribution is 2.27. The van der Waals surface area contributed by atoms with Gasteiger partial charge in [-0.3, -0.25) is 9.59 Å². The number of carbonyl (C=O) groups is 2. The molecule has 0 aliphatic rings. The van der Waals surface area contributed by atoms with E-state index in [1.54, 1.807) is 25.1 Å². The molecule has 0 fully saturated rings. The van der Waals surface area contributed by atoms with Crippen LogP contribution in [0.3, 0.4) is 0 Å². The van der Waals surface area contributed by atoms with Gasteiger partial charge >= 0.3 is 0 Å². The number of sulfonamides is 1. The van der Waals surface area contributed by atoms with Gasteiger partial charge in [-0.2, -0.15) is 4.31 Å². The van der Waals surface area contributed by atoms with Crippen LogP contribution in [0.5, 0.6) is 0 Å². The number of benzene rings is 2. The Morgan fingerprint density at radius 2 is 1.60 bits per heavy atom. The summed E-state index contributed by atoms with van der Waals surface area (Å²) in [6, 6.07) is 9.80. The lowest BCUT2D eigenvalue weighted by Gasteiger charge is -2.32. The first-order valence-electron chi connectivity index (χ1n) is 11.2. The molecule has 0 unspecified atom stereocenters. The molecule has 0 radical (unpaired) electrons. The zero-order chi connectivity index (χ0) is 26.2. The molecule has 2 rings (SSSR count). The number of likely N-dealkylation sites (N-methyl/N-ethyl adjacent to an activating group) is 1. The van der Waals surface area contributed by atoms with Gasteiger partial charge in [0.1, 0.15) is 6.04 Å². The third-order valence-electron chi connectivity index (χ3n) is 5.49. The van der Waals surface area contributed by atoms with E-state index in [1.165, 1.54) is 36.2 Å². The van der Waals surface area contributed by atoms with Crippen LogP contribution in [0, 0.1) is 0 Å². The zero-order valence-corrected chi connectivity index (χ0v) is 23.0. The lowest BCUT2D eigenvalue weighted by Crippen LogP contribution is -2.51. The minimum absolute atomic E-state index is 0.00208. The van der Waals surface area contributed by atoms with Gasteiger partial charge in [-0.15, -0.1) is 0 Å². The fourth-order valence-corrected chi connectivity index (χ4v) is 5.20. The first kappa shape index (κ1) is 29.4. The smallest absolute Gasteiger partial charge is 0.243 e. The Kier molecular flexibility index (Phi) is 11.3. The van der Waals surface area contributed by atoms with Gasteiger partial charge in [0, 0.05) is 40.8 Å². The first-order valence-corrected chi connectivity index (χ1v) is 13.8. The average Bonchev–Trinajstić information content (AvgIpc) is 2.81. The van der Waals surface area contributed by atoms with Gasteiger partial charge in [0.25, 0.3) is 0 Å². The van der Waals surface area contributed by atoms with Crippen molar-refractivity contribution < 1.29 is 18.0 Å². The number of nitrogens with zero attached hydrogens (tertiary/aromatic N) is 2. The number of hydrogen-bond donors (Lipinski definition) is 1. The van der Waals surface area contributed by atoms with Crippen LogP contribution >= 0.6 is 34.8 Å². The van der Waals surface area contributed by atoms with E-state index in [9.17, 15) is 18.0 Å². The molecule has 0 saturated carbocycles. The average molecular weight is 563 g/mol. The van der Waals surface area contributed by atoms with E-state index in [-0.39, 0.29) is 17.3 Å². The minimum Gasteiger partial charge on any atom is -0.354 e. The van der Waals surface area contributed by atoms with E-state index in [0.717, 1.165) is 17.1 Å². The molecule has 11 heteroatoms. The summed E-state index contributed by atoms with van der Waals surface area (Å²) in [5, 5.41) is 3.94. The number of rotatable bonds is 12. The molecule has 0 saturated heterocycles. The van der Waals surface area contributed by atoms with Crippen molar-refractivity contribution in [3.8, 4) is 0 Å². The van der Waals surface area contributed by atoms with Crippen molar-refractivity contribution in [2.75, 3.05) is 20.1 Å². The summed E-state index contributed by atoms with van der Waals surface area (Å²) in [6.07, 6.45) is 2.02. The Morgan fingerprint density at radius 1 is 1.00 bits per heavy atom. The monoisotopic (exact) mass is 561 g/mol. The first-order chi connectivity index (χ1) is 16.5. The molecule has 2 aromatic rings. The van der Waals surface area contributed by atoms with Crippen molar-refractivity contribution in [1.29, 1.82) is 0 Å². The molecule has 35 heavy (non-hydrogen) atoms. The Bertz CT molecular complexity index is 1110. The van der Waals surface area contributed by atoms with Crippen LogP contribution in [0.15, 0.2) is 47.4 Å². The van der Waals surface area contributed by atoms with Crippen molar-refractivity contribution in [2.45, 2.75) is 50.6 Å². The molecule has 0 aliphatic carbocycles. The maximum atomic E-state index is 13.5. The van der Waals surface area contributed by atoms with Gasteiger partial charge in [0.15, 0.2) is 0 Å². The Morgan fingerprint density at radius 3 is 2.14 bits per heavy atom. The summed E-state index contributed by atoms with van der Waals surface area (Å²) in [6.45, 7) is 3.74. The Hall–Kier alpha value is -1.84. The van der Waals surface area contributed by atoms with Crippen LogP contribution in [0.1, 0.15) is 38.7 Å². The Balaban J connectivity index is 2.35. The lowest BCUT2D eigenvalue weighted by molar-refractivity contribution is -0.141. The maximum Gasteiger partial charge on any atom is 0.243 e. The van der Waals surface area contributed by atoms with Gasteiger partial charge in [0.05, 0.1) is 11.4 Å². The molecule has 2 amide bonds. The number of carbonyl (C=O) groups excluding carboxylic acids is 2. The van der Waals surface area contributed by atoms with Crippen LogP contribution in [0.2, 0.25) is 15.1 Å². The van der Waals surface area contributed by atoms with Gasteiger partial charge < -0.3 is 10.2 Å². The largest absolute Gasteiger partial charge is 0.354 e.